The predicted octanol–water partition coefficient (Wildman–Crippen LogP) is 6.98. The summed E-state index contributed by atoms with van der Waals surface area (Å²) in [6, 6.07) is 12.6. The van der Waals surface area contributed by atoms with Crippen molar-refractivity contribution in [1.29, 1.82) is 5.26 Å². The molecule has 0 bridgehead atoms. The van der Waals surface area contributed by atoms with Gasteiger partial charge in [-0.05, 0) is 54.7 Å². The molecule has 0 N–H and O–H groups in total. The SMILES string of the molecule is CC.CC(C)c1nc(-c2ccnc3ccccc23)nc2c1CCC1C(C)C=C(C#N)CC21. The van der Waals surface area contributed by atoms with Crippen LogP contribution in [0.3, 0.4) is 0 Å². The molecule has 0 saturated heterocycles. The Bertz CT molecular complexity index is 1200. The first-order valence-electron chi connectivity index (χ1n) is 11.9. The maximum Gasteiger partial charge on any atom is 0.160 e. The monoisotopic (exact) mass is 424 g/mol. The van der Waals surface area contributed by atoms with Gasteiger partial charge >= 0.3 is 0 Å². The summed E-state index contributed by atoms with van der Waals surface area (Å²) in [7, 11) is 0. The zero-order valence-corrected chi connectivity index (χ0v) is 19.8. The molecule has 2 aromatic heterocycles. The van der Waals surface area contributed by atoms with Crippen molar-refractivity contribution < 1.29 is 0 Å². The fraction of sp³-hybridized carbons (Fsp3) is 0.429. The Labute approximate surface area is 191 Å². The van der Waals surface area contributed by atoms with Crippen molar-refractivity contribution >= 4 is 10.9 Å². The molecular formula is C28H32N4. The van der Waals surface area contributed by atoms with Gasteiger partial charge in [-0.1, -0.05) is 58.9 Å². The molecule has 2 aliphatic carbocycles. The van der Waals surface area contributed by atoms with Gasteiger partial charge in [0.15, 0.2) is 5.82 Å². The minimum atomic E-state index is 0.302. The number of allylic oxidation sites excluding steroid dienone is 2. The summed E-state index contributed by atoms with van der Waals surface area (Å²) in [5.74, 6) is 2.38. The highest BCUT2D eigenvalue weighted by Gasteiger charge is 2.38. The summed E-state index contributed by atoms with van der Waals surface area (Å²) in [6.45, 7) is 10.7. The third-order valence-corrected chi connectivity index (χ3v) is 6.83. The van der Waals surface area contributed by atoms with E-state index in [0.717, 1.165) is 52.8 Å². The second-order valence-electron chi connectivity index (χ2n) is 9.00. The van der Waals surface area contributed by atoms with E-state index >= 15 is 0 Å². The van der Waals surface area contributed by atoms with Crippen molar-refractivity contribution in [1.82, 2.24) is 15.0 Å². The Morgan fingerprint density at radius 3 is 2.62 bits per heavy atom. The van der Waals surface area contributed by atoms with E-state index in [0.29, 0.717) is 23.7 Å². The Morgan fingerprint density at radius 1 is 1.09 bits per heavy atom. The first-order valence-corrected chi connectivity index (χ1v) is 11.9. The third-order valence-electron chi connectivity index (χ3n) is 6.83. The van der Waals surface area contributed by atoms with Crippen LogP contribution in [0, 0.1) is 23.2 Å². The zero-order chi connectivity index (χ0) is 22.8. The first-order chi connectivity index (χ1) is 15.6. The summed E-state index contributed by atoms with van der Waals surface area (Å²) in [6.07, 6.45) is 6.99. The average Bonchev–Trinajstić information content (AvgIpc) is 2.83. The van der Waals surface area contributed by atoms with Gasteiger partial charge in [0.25, 0.3) is 0 Å². The van der Waals surface area contributed by atoms with Crippen molar-refractivity contribution in [2.75, 3.05) is 0 Å². The first kappa shape index (κ1) is 22.1. The normalized spacial score (nSPS) is 21.7. The molecule has 0 spiro atoms. The highest BCUT2D eigenvalue weighted by atomic mass is 14.9. The van der Waals surface area contributed by atoms with E-state index < -0.39 is 0 Å². The fourth-order valence-corrected chi connectivity index (χ4v) is 5.39. The van der Waals surface area contributed by atoms with Crippen LogP contribution in [0.4, 0.5) is 0 Å². The van der Waals surface area contributed by atoms with E-state index in [-0.39, 0.29) is 0 Å². The number of aromatic nitrogens is 3. The lowest BCUT2D eigenvalue weighted by Gasteiger charge is -2.39. The molecule has 0 amide bonds. The Kier molecular flexibility index (Phi) is 6.37. The maximum absolute atomic E-state index is 9.58. The molecule has 2 heterocycles. The number of nitrogens with zero attached hydrogens (tertiary/aromatic N) is 4. The molecule has 4 nitrogen and oxygen atoms in total. The van der Waals surface area contributed by atoms with E-state index in [1.54, 1.807) is 0 Å². The lowest BCUT2D eigenvalue weighted by Crippen LogP contribution is -2.31. The van der Waals surface area contributed by atoms with Crippen molar-refractivity contribution in [3.8, 4) is 17.5 Å². The highest BCUT2D eigenvalue weighted by Crippen LogP contribution is 2.48. The number of para-hydroxylation sites is 1. The summed E-state index contributed by atoms with van der Waals surface area (Å²) in [5, 5.41) is 10.7. The van der Waals surface area contributed by atoms with Crippen molar-refractivity contribution in [3.63, 3.8) is 0 Å². The van der Waals surface area contributed by atoms with Crippen molar-refractivity contribution in [2.45, 2.75) is 65.7 Å². The molecule has 2 aliphatic rings. The molecule has 3 atom stereocenters. The van der Waals surface area contributed by atoms with Gasteiger partial charge in [0.1, 0.15) is 0 Å². The molecular weight excluding hydrogens is 392 g/mol. The summed E-state index contributed by atoms with van der Waals surface area (Å²) in [4.78, 5) is 14.8. The Morgan fingerprint density at radius 2 is 1.88 bits per heavy atom. The standard InChI is InChI=1S/C26H26N4.C2H6/c1-15(2)24-21-9-8-18-16(3)12-17(14-27)13-22(18)25(21)30-26(29-24)20-10-11-28-23-7-5-4-6-19(20)23;1-2/h4-7,10-12,15-16,18,22H,8-9,13H2,1-3H3;1-2H3. The minimum absolute atomic E-state index is 0.302. The van der Waals surface area contributed by atoms with E-state index in [9.17, 15) is 5.26 Å². The van der Waals surface area contributed by atoms with E-state index in [4.69, 9.17) is 9.97 Å². The quantitative estimate of drug-likeness (QED) is 0.445. The van der Waals surface area contributed by atoms with E-state index in [1.165, 1.54) is 11.3 Å². The minimum Gasteiger partial charge on any atom is -0.256 e. The molecule has 4 heteroatoms. The van der Waals surface area contributed by atoms with Crippen LogP contribution in [-0.2, 0) is 6.42 Å². The average molecular weight is 425 g/mol. The Hall–Kier alpha value is -3.06. The van der Waals surface area contributed by atoms with Gasteiger partial charge in [0.2, 0.25) is 0 Å². The molecule has 3 aromatic rings. The summed E-state index contributed by atoms with van der Waals surface area (Å²) in [5.41, 5.74) is 6.55. The van der Waals surface area contributed by atoms with Gasteiger partial charge < -0.3 is 0 Å². The van der Waals surface area contributed by atoms with Crippen LogP contribution in [0.2, 0.25) is 0 Å². The van der Waals surface area contributed by atoms with Crippen LogP contribution in [0.25, 0.3) is 22.3 Å². The van der Waals surface area contributed by atoms with Gasteiger partial charge in [-0.3, -0.25) is 4.98 Å². The number of hydrogen-bond acceptors (Lipinski definition) is 4. The van der Waals surface area contributed by atoms with Crippen LogP contribution in [0.1, 0.15) is 76.2 Å². The summed E-state index contributed by atoms with van der Waals surface area (Å²) >= 11 is 0. The van der Waals surface area contributed by atoms with Crippen LogP contribution in [0.5, 0.6) is 0 Å². The van der Waals surface area contributed by atoms with Crippen molar-refractivity contribution in [3.05, 3.63) is 65.1 Å². The third kappa shape index (κ3) is 3.81. The number of fused-ring (bicyclic) bond motifs is 4. The van der Waals surface area contributed by atoms with E-state index in [1.807, 2.05) is 44.3 Å². The number of pyridine rings is 1. The fourth-order valence-electron chi connectivity index (χ4n) is 5.39. The maximum atomic E-state index is 9.58. The molecule has 5 rings (SSSR count). The topological polar surface area (TPSA) is 62.5 Å². The molecule has 164 valence electrons. The van der Waals surface area contributed by atoms with Gasteiger partial charge in [-0.25, -0.2) is 9.97 Å². The van der Waals surface area contributed by atoms with Gasteiger partial charge in [-0.15, -0.1) is 0 Å². The van der Waals surface area contributed by atoms with Crippen LogP contribution >= 0.6 is 0 Å². The van der Waals surface area contributed by atoms with Crippen LogP contribution < -0.4 is 0 Å². The second kappa shape index (κ2) is 9.20. The molecule has 0 saturated carbocycles. The molecule has 32 heavy (non-hydrogen) atoms. The lowest BCUT2D eigenvalue weighted by atomic mass is 9.66. The summed E-state index contributed by atoms with van der Waals surface area (Å²) < 4.78 is 0. The van der Waals surface area contributed by atoms with Gasteiger partial charge in [0, 0.05) is 28.6 Å². The molecule has 3 unspecified atom stereocenters. The molecule has 0 radical (unpaired) electrons. The van der Waals surface area contributed by atoms with Gasteiger partial charge in [-0.2, -0.15) is 5.26 Å². The Balaban J connectivity index is 0.00000119. The predicted molar refractivity (Wildman–Crippen MR) is 130 cm³/mol. The number of hydrogen-bond donors (Lipinski definition) is 0. The molecule has 0 fully saturated rings. The van der Waals surface area contributed by atoms with Gasteiger partial charge in [0.05, 0.1) is 23.0 Å². The number of benzene rings is 1. The lowest BCUT2D eigenvalue weighted by molar-refractivity contribution is 0.281. The largest absolute Gasteiger partial charge is 0.256 e. The number of rotatable bonds is 2. The highest BCUT2D eigenvalue weighted by molar-refractivity contribution is 5.92. The molecule has 0 aliphatic heterocycles. The van der Waals surface area contributed by atoms with Crippen LogP contribution in [0.15, 0.2) is 48.2 Å². The second-order valence-corrected chi connectivity index (χ2v) is 9.00. The zero-order valence-electron chi connectivity index (χ0n) is 19.8. The smallest absolute Gasteiger partial charge is 0.160 e. The number of nitriles is 1. The van der Waals surface area contributed by atoms with Crippen LogP contribution in [-0.4, -0.2) is 15.0 Å². The van der Waals surface area contributed by atoms with E-state index in [2.05, 4.69) is 44.0 Å². The van der Waals surface area contributed by atoms with Crippen molar-refractivity contribution in [2.24, 2.45) is 11.8 Å². The molecule has 1 aromatic carbocycles.